The van der Waals surface area contributed by atoms with Gasteiger partial charge in [-0.1, -0.05) is 123 Å². The second-order valence-electron chi connectivity index (χ2n) is 11.9. The van der Waals surface area contributed by atoms with Gasteiger partial charge in [-0.25, -0.2) is 23.0 Å². The van der Waals surface area contributed by atoms with Crippen LogP contribution in [0.4, 0.5) is 0 Å². The predicted molar refractivity (Wildman–Crippen MR) is 173 cm³/mol. The van der Waals surface area contributed by atoms with Gasteiger partial charge in [-0.2, -0.15) is 0 Å². The third-order valence-corrected chi connectivity index (χ3v) is 8.38. The van der Waals surface area contributed by atoms with Crippen molar-refractivity contribution in [1.29, 1.82) is 0 Å². The SMILES string of the molecule is CCCCCCCCCCCC1=NCC[N+]1(CCOCC(=O)O)CC(=O)O.CCCCCCCCCCCCOS(=O)(=O)[O-].[Na+].[Na+]. The number of nitrogens with zero attached hydrogens (tertiary/aromatic N) is 2. The quantitative estimate of drug-likeness (QED) is 0.0377. The number of aliphatic carboxylic acids is 2. The molecule has 46 heavy (non-hydrogen) atoms. The van der Waals surface area contributed by atoms with Crippen LogP contribution < -0.4 is 59.1 Å². The number of carbonyl (C=O) groups is 2. The minimum absolute atomic E-state index is 0. The summed E-state index contributed by atoms with van der Waals surface area (Å²) in [6.45, 7) is 6.12. The fourth-order valence-electron chi connectivity index (χ4n) is 5.46. The van der Waals surface area contributed by atoms with Crippen LogP contribution in [0.2, 0.25) is 0 Å². The van der Waals surface area contributed by atoms with Gasteiger partial charge in [0.15, 0.2) is 12.4 Å². The Kier molecular flexibility index (Phi) is 37.4. The average molecular weight is 697 g/mol. The number of ether oxygens (including phenoxy) is 1. The predicted octanol–water partition coefficient (Wildman–Crippen LogP) is 0.714. The topological polar surface area (TPSA) is 163 Å². The summed E-state index contributed by atoms with van der Waals surface area (Å²) in [5, 5.41) is 18.0. The molecular formula is C32H62N2Na2O9S+2. The number of amidine groups is 1. The zero-order chi connectivity index (χ0) is 32.9. The number of rotatable bonds is 29. The Bertz CT molecular complexity index is 880. The van der Waals surface area contributed by atoms with Crippen molar-refractivity contribution in [3.8, 4) is 0 Å². The molecule has 11 nitrogen and oxygen atoms in total. The molecular weight excluding hydrogens is 634 g/mol. The van der Waals surface area contributed by atoms with Crippen molar-refractivity contribution >= 4 is 28.2 Å². The van der Waals surface area contributed by atoms with Crippen molar-refractivity contribution in [1.82, 2.24) is 0 Å². The largest absolute Gasteiger partial charge is 1.00 e. The van der Waals surface area contributed by atoms with Gasteiger partial charge in [0.25, 0.3) is 0 Å². The third-order valence-electron chi connectivity index (χ3n) is 7.93. The second kappa shape index (κ2) is 33.9. The minimum atomic E-state index is -4.48. The van der Waals surface area contributed by atoms with Crippen molar-refractivity contribution in [3.63, 3.8) is 0 Å². The summed E-state index contributed by atoms with van der Waals surface area (Å²) >= 11 is 0. The fourth-order valence-corrected chi connectivity index (χ4v) is 5.78. The maximum absolute atomic E-state index is 11.4. The van der Waals surface area contributed by atoms with E-state index in [9.17, 15) is 27.7 Å². The first kappa shape index (κ1) is 50.8. The molecule has 260 valence electrons. The molecule has 0 aromatic heterocycles. The number of carboxylic acid groups (broad SMARTS) is 2. The number of carboxylic acids is 2. The molecule has 1 unspecified atom stereocenters. The van der Waals surface area contributed by atoms with Crippen LogP contribution in [0.25, 0.3) is 0 Å². The van der Waals surface area contributed by atoms with Crippen molar-refractivity contribution in [3.05, 3.63) is 0 Å². The van der Waals surface area contributed by atoms with Crippen LogP contribution in [-0.4, -0.2) is 91.4 Å². The Morgan fingerprint density at radius 3 is 1.63 bits per heavy atom. The number of quaternary nitrogens is 1. The summed E-state index contributed by atoms with van der Waals surface area (Å²) < 4.78 is 39.9. The summed E-state index contributed by atoms with van der Waals surface area (Å²) in [5.41, 5.74) is 0. The second-order valence-corrected chi connectivity index (χ2v) is 12.9. The maximum atomic E-state index is 11.4. The van der Waals surface area contributed by atoms with Crippen molar-refractivity contribution in [2.75, 3.05) is 46.0 Å². The molecule has 0 bridgehead atoms. The van der Waals surface area contributed by atoms with Crippen molar-refractivity contribution in [2.45, 2.75) is 142 Å². The van der Waals surface area contributed by atoms with Crippen LogP contribution in [0.1, 0.15) is 142 Å². The Morgan fingerprint density at radius 2 is 1.20 bits per heavy atom. The monoisotopic (exact) mass is 696 g/mol. The van der Waals surface area contributed by atoms with Gasteiger partial charge in [0.1, 0.15) is 19.7 Å². The van der Waals surface area contributed by atoms with Crippen LogP contribution in [0.5, 0.6) is 0 Å². The Morgan fingerprint density at radius 1 is 0.739 bits per heavy atom. The van der Waals surface area contributed by atoms with Crippen molar-refractivity contribution in [2.24, 2.45) is 4.99 Å². The molecule has 1 heterocycles. The van der Waals surface area contributed by atoms with Gasteiger partial charge in [-0.3, -0.25) is 8.67 Å². The zero-order valence-electron chi connectivity index (χ0n) is 29.6. The van der Waals surface area contributed by atoms with E-state index in [0.717, 1.165) is 37.9 Å². The molecule has 14 heteroatoms. The molecule has 0 aromatic carbocycles. The first-order valence-electron chi connectivity index (χ1n) is 17.1. The van der Waals surface area contributed by atoms with Crippen LogP contribution >= 0.6 is 0 Å². The standard InChI is InChI=1S/C20H36N2O5.C12H26O4S.2Na/c1-2-3-4-5-6-7-8-9-10-11-18-21-12-13-22(18,16-19(23)24)14-15-27-17-20(25)26;1-2-3-4-5-6-7-8-9-10-11-12-16-17(13,14)15;;/h2-17H2,1H3,(H-,23,24,25,26);2-12H2,1H3,(H,13,14,15);;/q;;2*+1. The smallest absolute Gasteiger partial charge is 0.726 e. The average Bonchev–Trinajstić information content (AvgIpc) is 3.34. The van der Waals surface area contributed by atoms with E-state index in [4.69, 9.17) is 9.84 Å². The Hall–Kier alpha value is 0.400. The zero-order valence-corrected chi connectivity index (χ0v) is 34.5. The van der Waals surface area contributed by atoms with Gasteiger partial charge in [-0.15, -0.1) is 0 Å². The van der Waals surface area contributed by atoms with E-state index >= 15 is 0 Å². The summed E-state index contributed by atoms with van der Waals surface area (Å²) in [6, 6.07) is 0. The number of hydrogen-bond acceptors (Lipinski definition) is 8. The molecule has 0 aliphatic carbocycles. The number of unbranched alkanes of at least 4 members (excludes halogenated alkanes) is 17. The summed E-state index contributed by atoms with van der Waals surface area (Å²) in [4.78, 5) is 26.5. The molecule has 2 N–H and O–H groups in total. The summed E-state index contributed by atoms with van der Waals surface area (Å²) in [5.74, 6) is -0.918. The molecule has 0 fully saturated rings. The summed E-state index contributed by atoms with van der Waals surface area (Å²) in [6.07, 6.45) is 23.8. The maximum Gasteiger partial charge on any atom is 1.00 e. The number of hydrogen-bond donors (Lipinski definition) is 2. The number of aliphatic imine (C=N–C) groups is 1. The first-order chi connectivity index (χ1) is 21.1. The molecule has 1 aliphatic rings. The molecule has 0 aromatic rings. The minimum Gasteiger partial charge on any atom is -0.726 e. The Labute approximate surface area is 324 Å². The Balaban J connectivity index is -0.000000848. The normalized spacial score (nSPS) is 15.7. The molecule has 0 saturated carbocycles. The van der Waals surface area contributed by atoms with E-state index in [2.05, 4.69) is 23.0 Å². The summed E-state index contributed by atoms with van der Waals surface area (Å²) in [7, 11) is -4.48. The first-order valence-corrected chi connectivity index (χ1v) is 18.4. The molecule has 1 atom stereocenters. The molecule has 1 aliphatic heterocycles. The van der Waals surface area contributed by atoms with Crippen LogP contribution in [0.15, 0.2) is 4.99 Å². The van der Waals surface area contributed by atoms with Gasteiger partial charge < -0.3 is 19.5 Å². The molecule has 0 radical (unpaired) electrons. The molecule has 1 rings (SSSR count). The van der Waals surface area contributed by atoms with Crippen LogP contribution in [0.3, 0.4) is 0 Å². The van der Waals surface area contributed by atoms with E-state index in [0.29, 0.717) is 30.5 Å². The van der Waals surface area contributed by atoms with E-state index < -0.39 is 22.3 Å². The molecule has 0 saturated heterocycles. The van der Waals surface area contributed by atoms with Gasteiger partial charge in [0, 0.05) is 6.42 Å². The van der Waals surface area contributed by atoms with E-state index in [1.165, 1.54) is 89.9 Å². The van der Waals surface area contributed by atoms with Gasteiger partial charge in [0.2, 0.25) is 10.4 Å². The van der Waals surface area contributed by atoms with Crippen molar-refractivity contribution < 1.29 is 105 Å². The van der Waals surface area contributed by atoms with E-state index in [1.54, 1.807) is 0 Å². The van der Waals surface area contributed by atoms with Gasteiger partial charge >= 0.3 is 71.1 Å². The van der Waals surface area contributed by atoms with E-state index in [1.807, 2.05) is 0 Å². The third kappa shape index (κ3) is 31.7. The van der Waals surface area contributed by atoms with Crippen LogP contribution in [-0.2, 0) is 28.9 Å². The van der Waals surface area contributed by atoms with Gasteiger partial charge in [0.05, 0.1) is 19.8 Å². The molecule has 0 amide bonds. The van der Waals surface area contributed by atoms with Gasteiger partial charge in [-0.05, 0) is 12.8 Å². The fraction of sp³-hybridized carbons (Fsp3) is 0.906. The van der Waals surface area contributed by atoms with Crippen LogP contribution in [0, 0.1) is 0 Å². The molecule has 0 spiro atoms. The van der Waals surface area contributed by atoms with E-state index in [-0.39, 0.29) is 85.5 Å².